The molecule has 4 heteroatoms. The molecule has 0 bridgehead atoms. The first-order valence-corrected chi connectivity index (χ1v) is 9.44. The molecule has 1 N–H and O–H groups in total. The summed E-state index contributed by atoms with van der Waals surface area (Å²) in [7, 11) is 0. The van der Waals surface area contributed by atoms with E-state index in [0.717, 1.165) is 24.2 Å². The Labute approximate surface area is 154 Å². The minimum atomic E-state index is 0.0516. The molecule has 1 saturated carbocycles. The second-order valence-corrected chi connectivity index (χ2v) is 7.29. The Morgan fingerprint density at radius 2 is 1.81 bits per heavy atom. The van der Waals surface area contributed by atoms with Crippen molar-refractivity contribution >= 4 is 17.5 Å². The van der Waals surface area contributed by atoms with E-state index in [1.54, 1.807) is 0 Å². The standard InChI is InChI=1S/C22H24N2O2/c25-20(23-22(18-10-11-18)17-5-2-1-3-6-17)15-16-8-12-19(13-9-16)24-14-4-7-21(24)26/h1-3,5-6,8-9,12-13,18,22H,4,7,10-11,14-15H2,(H,23,25)/t22-/m0/s1. The van der Waals surface area contributed by atoms with Crippen LogP contribution in [0.2, 0.25) is 0 Å². The maximum atomic E-state index is 12.5. The molecular formula is C22H24N2O2. The minimum Gasteiger partial charge on any atom is -0.349 e. The lowest BCUT2D eigenvalue weighted by Gasteiger charge is -2.19. The summed E-state index contributed by atoms with van der Waals surface area (Å²) < 4.78 is 0. The van der Waals surface area contributed by atoms with E-state index in [1.807, 2.05) is 47.4 Å². The molecule has 0 radical (unpaired) electrons. The molecule has 4 nitrogen and oxygen atoms in total. The average Bonchev–Trinajstić information content (AvgIpc) is 3.42. The highest BCUT2D eigenvalue weighted by Crippen LogP contribution is 2.40. The minimum absolute atomic E-state index is 0.0516. The second-order valence-electron chi connectivity index (χ2n) is 7.29. The van der Waals surface area contributed by atoms with Crippen LogP contribution in [0.1, 0.15) is 42.9 Å². The zero-order valence-corrected chi connectivity index (χ0v) is 14.9. The summed E-state index contributed by atoms with van der Waals surface area (Å²) in [6.45, 7) is 0.790. The summed E-state index contributed by atoms with van der Waals surface area (Å²) >= 11 is 0. The predicted molar refractivity (Wildman–Crippen MR) is 102 cm³/mol. The summed E-state index contributed by atoms with van der Waals surface area (Å²) in [4.78, 5) is 26.2. The van der Waals surface area contributed by atoms with Crippen molar-refractivity contribution in [3.8, 4) is 0 Å². The van der Waals surface area contributed by atoms with Gasteiger partial charge in [0.2, 0.25) is 11.8 Å². The van der Waals surface area contributed by atoms with Gasteiger partial charge in [0.1, 0.15) is 0 Å². The molecule has 0 spiro atoms. The van der Waals surface area contributed by atoms with Crippen LogP contribution in [-0.4, -0.2) is 18.4 Å². The van der Waals surface area contributed by atoms with Crippen LogP contribution >= 0.6 is 0 Å². The SMILES string of the molecule is O=C(Cc1ccc(N2CCCC2=O)cc1)N[C@@H](c1ccccc1)C1CC1. The van der Waals surface area contributed by atoms with E-state index in [4.69, 9.17) is 0 Å². The van der Waals surface area contributed by atoms with Crippen molar-refractivity contribution in [2.24, 2.45) is 5.92 Å². The second kappa shape index (κ2) is 7.32. The maximum absolute atomic E-state index is 12.5. The number of benzene rings is 2. The molecule has 2 amide bonds. The normalized spacial score (nSPS) is 18.0. The number of nitrogens with zero attached hydrogens (tertiary/aromatic N) is 1. The Morgan fingerprint density at radius 3 is 2.42 bits per heavy atom. The molecule has 2 aliphatic rings. The van der Waals surface area contributed by atoms with Crippen LogP contribution in [0.5, 0.6) is 0 Å². The lowest BCUT2D eigenvalue weighted by molar-refractivity contribution is -0.121. The summed E-state index contributed by atoms with van der Waals surface area (Å²) in [5.41, 5.74) is 3.09. The number of hydrogen-bond donors (Lipinski definition) is 1. The Bertz CT molecular complexity index is 782. The van der Waals surface area contributed by atoms with Gasteiger partial charge in [0.15, 0.2) is 0 Å². The number of rotatable bonds is 6. The monoisotopic (exact) mass is 348 g/mol. The van der Waals surface area contributed by atoms with Gasteiger partial charge in [-0.3, -0.25) is 9.59 Å². The molecule has 134 valence electrons. The molecule has 0 unspecified atom stereocenters. The lowest BCUT2D eigenvalue weighted by atomic mass is 10.0. The number of hydrogen-bond acceptors (Lipinski definition) is 2. The first-order chi connectivity index (χ1) is 12.7. The summed E-state index contributed by atoms with van der Waals surface area (Å²) in [5.74, 6) is 0.797. The predicted octanol–water partition coefficient (Wildman–Crippen LogP) is 3.62. The summed E-state index contributed by atoms with van der Waals surface area (Å²) in [5, 5.41) is 3.22. The van der Waals surface area contributed by atoms with E-state index < -0.39 is 0 Å². The van der Waals surface area contributed by atoms with Crippen LogP contribution in [0.25, 0.3) is 0 Å². The molecule has 2 aromatic rings. The van der Waals surface area contributed by atoms with Crippen molar-refractivity contribution < 1.29 is 9.59 Å². The van der Waals surface area contributed by atoms with Gasteiger partial charge in [0, 0.05) is 18.7 Å². The Morgan fingerprint density at radius 1 is 1.08 bits per heavy atom. The van der Waals surface area contributed by atoms with Crippen LogP contribution in [-0.2, 0) is 16.0 Å². The van der Waals surface area contributed by atoms with Gasteiger partial charge in [-0.1, -0.05) is 42.5 Å². The molecule has 2 aromatic carbocycles. The van der Waals surface area contributed by atoms with Gasteiger partial charge in [0.25, 0.3) is 0 Å². The molecular weight excluding hydrogens is 324 g/mol. The number of anilines is 1. The quantitative estimate of drug-likeness (QED) is 0.867. The van der Waals surface area contributed by atoms with Crippen LogP contribution < -0.4 is 10.2 Å². The van der Waals surface area contributed by atoms with Gasteiger partial charge in [0.05, 0.1) is 12.5 Å². The van der Waals surface area contributed by atoms with Crippen molar-refractivity contribution in [1.29, 1.82) is 0 Å². The summed E-state index contributed by atoms with van der Waals surface area (Å²) in [6.07, 6.45) is 4.28. The van der Waals surface area contributed by atoms with Crippen molar-refractivity contribution in [2.75, 3.05) is 11.4 Å². The molecule has 1 aliphatic heterocycles. The van der Waals surface area contributed by atoms with Crippen molar-refractivity contribution in [2.45, 2.75) is 38.1 Å². The van der Waals surface area contributed by atoms with Crippen LogP contribution in [0.15, 0.2) is 54.6 Å². The van der Waals surface area contributed by atoms with Crippen molar-refractivity contribution in [1.82, 2.24) is 5.32 Å². The Hall–Kier alpha value is -2.62. The molecule has 1 atom stereocenters. The fraction of sp³-hybridized carbons (Fsp3) is 0.364. The van der Waals surface area contributed by atoms with Gasteiger partial charge in [-0.25, -0.2) is 0 Å². The highest BCUT2D eigenvalue weighted by molar-refractivity contribution is 5.95. The maximum Gasteiger partial charge on any atom is 0.227 e. The number of amides is 2. The molecule has 1 saturated heterocycles. The molecule has 2 fully saturated rings. The number of nitrogens with one attached hydrogen (secondary N) is 1. The third-order valence-corrected chi connectivity index (χ3v) is 5.25. The molecule has 1 aliphatic carbocycles. The molecule has 1 heterocycles. The fourth-order valence-electron chi connectivity index (χ4n) is 3.69. The summed E-state index contributed by atoms with van der Waals surface area (Å²) in [6, 6.07) is 18.1. The Balaban J connectivity index is 1.39. The molecule has 4 rings (SSSR count). The van der Waals surface area contributed by atoms with E-state index in [1.165, 1.54) is 18.4 Å². The Kier molecular flexibility index (Phi) is 4.74. The fourth-order valence-corrected chi connectivity index (χ4v) is 3.69. The van der Waals surface area contributed by atoms with Gasteiger partial charge in [-0.2, -0.15) is 0 Å². The highest BCUT2D eigenvalue weighted by atomic mass is 16.2. The van der Waals surface area contributed by atoms with E-state index in [0.29, 0.717) is 18.8 Å². The number of carbonyl (C=O) groups excluding carboxylic acids is 2. The first-order valence-electron chi connectivity index (χ1n) is 9.44. The smallest absolute Gasteiger partial charge is 0.227 e. The highest BCUT2D eigenvalue weighted by Gasteiger charge is 2.33. The third-order valence-electron chi connectivity index (χ3n) is 5.25. The van der Waals surface area contributed by atoms with E-state index in [-0.39, 0.29) is 17.9 Å². The van der Waals surface area contributed by atoms with Gasteiger partial charge in [-0.15, -0.1) is 0 Å². The largest absolute Gasteiger partial charge is 0.349 e. The van der Waals surface area contributed by atoms with Gasteiger partial charge < -0.3 is 10.2 Å². The first kappa shape index (κ1) is 16.8. The van der Waals surface area contributed by atoms with E-state index in [2.05, 4.69) is 17.4 Å². The van der Waals surface area contributed by atoms with E-state index in [9.17, 15) is 9.59 Å². The molecule has 0 aromatic heterocycles. The zero-order chi connectivity index (χ0) is 17.9. The van der Waals surface area contributed by atoms with Crippen molar-refractivity contribution in [3.63, 3.8) is 0 Å². The average molecular weight is 348 g/mol. The van der Waals surface area contributed by atoms with Gasteiger partial charge >= 0.3 is 0 Å². The third kappa shape index (κ3) is 3.79. The lowest BCUT2D eigenvalue weighted by Crippen LogP contribution is -2.31. The van der Waals surface area contributed by atoms with Gasteiger partial charge in [-0.05, 0) is 48.4 Å². The number of carbonyl (C=O) groups is 2. The van der Waals surface area contributed by atoms with Crippen LogP contribution in [0.3, 0.4) is 0 Å². The van der Waals surface area contributed by atoms with E-state index >= 15 is 0 Å². The van der Waals surface area contributed by atoms with Crippen molar-refractivity contribution in [3.05, 3.63) is 65.7 Å². The topological polar surface area (TPSA) is 49.4 Å². The molecule has 26 heavy (non-hydrogen) atoms. The van der Waals surface area contributed by atoms with Crippen LogP contribution in [0, 0.1) is 5.92 Å². The van der Waals surface area contributed by atoms with Crippen LogP contribution in [0.4, 0.5) is 5.69 Å². The zero-order valence-electron chi connectivity index (χ0n) is 14.9.